The normalized spacial score (nSPS) is 11.2. The van der Waals surface area contributed by atoms with Crippen LogP contribution in [-0.4, -0.2) is 41.5 Å². The molecule has 0 aliphatic rings. The zero-order valence-electron chi connectivity index (χ0n) is 14.6. The minimum Gasteiger partial charge on any atom is -0.378 e. The summed E-state index contributed by atoms with van der Waals surface area (Å²) in [5.74, 6) is -0.238. The molecule has 0 spiro atoms. The van der Waals surface area contributed by atoms with Crippen molar-refractivity contribution < 1.29 is 13.2 Å². The van der Waals surface area contributed by atoms with Crippen LogP contribution in [-0.2, 0) is 10.0 Å². The van der Waals surface area contributed by atoms with Gasteiger partial charge < -0.3 is 10.2 Å². The number of anilines is 1. The maximum absolute atomic E-state index is 12.1. The van der Waals surface area contributed by atoms with Crippen molar-refractivity contribution in [2.45, 2.75) is 11.8 Å². The van der Waals surface area contributed by atoms with E-state index in [0.29, 0.717) is 5.56 Å². The molecule has 25 heavy (non-hydrogen) atoms. The van der Waals surface area contributed by atoms with Gasteiger partial charge in [-0.3, -0.25) is 4.79 Å². The van der Waals surface area contributed by atoms with E-state index in [9.17, 15) is 13.2 Å². The molecular formula is C18H23N3O3S. The second-order valence-corrected chi connectivity index (χ2v) is 7.68. The lowest BCUT2D eigenvalue weighted by atomic mass is 10.2. The predicted molar refractivity (Wildman–Crippen MR) is 99.5 cm³/mol. The van der Waals surface area contributed by atoms with Crippen LogP contribution in [0.1, 0.15) is 15.9 Å². The Hall–Kier alpha value is -2.38. The van der Waals surface area contributed by atoms with E-state index in [4.69, 9.17) is 0 Å². The van der Waals surface area contributed by atoms with E-state index >= 15 is 0 Å². The summed E-state index contributed by atoms with van der Waals surface area (Å²) in [5.41, 5.74) is 2.45. The summed E-state index contributed by atoms with van der Waals surface area (Å²) >= 11 is 0. The Balaban J connectivity index is 1.87. The molecular weight excluding hydrogens is 338 g/mol. The standard InChI is InChI=1S/C18H23N3O3S/c1-14-7-9-17(10-8-14)25(23,24)20-12-11-19-18(22)15-5-4-6-16(13-15)21(2)3/h4-10,13,20H,11-12H2,1-3H3,(H,19,22). The van der Waals surface area contributed by atoms with Crippen molar-refractivity contribution in [1.29, 1.82) is 0 Å². The summed E-state index contributed by atoms with van der Waals surface area (Å²) in [6.45, 7) is 2.22. The molecule has 0 heterocycles. The molecule has 2 aromatic rings. The lowest BCUT2D eigenvalue weighted by molar-refractivity contribution is 0.0954. The Bertz CT molecular complexity index is 831. The second-order valence-electron chi connectivity index (χ2n) is 5.91. The highest BCUT2D eigenvalue weighted by molar-refractivity contribution is 7.89. The number of benzene rings is 2. The van der Waals surface area contributed by atoms with Crippen LogP contribution in [0.3, 0.4) is 0 Å². The Labute approximate surface area is 148 Å². The van der Waals surface area contributed by atoms with E-state index < -0.39 is 10.0 Å². The van der Waals surface area contributed by atoms with Gasteiger partial charge >= 0.3 is 0 Å². The van der Waals surface area contributed by atoms with Crippen LogP contribution in [0.2, 0.25) is 0 Å². The summed E-state index contributed by atoms with van der Waals surface area (Å²) in [6, 6.07) is 13.8. The molecule has 2 rings (SSSR count). The zero-order valence-corrected chi connectivity index (χ0v) is 15.4. The Morgan fingerprint density at radius 1 is 1.04 bits per heavy atom. The Kier molecular flexibility index (Phi) is 6.17. The zero-order chi connectivity index (χ0) is 18.4. The van der Waals surface area contributed by atoms with Gasteiger partial charge in [0, 0.05) is 38.4 Å². The van der Waals surface area contributed by atoms with Gasteiger partial charge in [-0.25, -0.2) is 13.1 Å². The molecule has 0 aliphatic heterocycles. The van der Waals surface area contributed by atoms with Crippen LogP contribution in [0.15, 0.2) is 53.4 Å². The molecule has 2 aromatic carbocycles. The third-order valence-electron chi connectivity index (χ3n) is 3.66. The van der Waals surface area contributed by atoms with Gasteiger partial charge in [0.05, 0.1) is 4.90 Å². The van der Waals surface area contributed by atoms with Crippen molar-refractivity contribution in [2.24, 2.45) is 0 Å². The highest BCUT2D eigenvalue weighted by Gasteiger charge is 2.13. The number of nitrogens with zero attached hydrogens (tertiary/aromatic N) is 1. The molecule has 0 aliphatic carbocycles. The van der Waals surface area contributed by atoms with Gasteiger partial charge in [-0.1, -0.05) is 23.8 Å². The molecule has 134 valence electrons. The fourth-order valence-electron chi connectivity index (χ4n) is 2.19. The summed E-state index contributed by atoms with van der Waals surface area (Å²) in [7, 11) is 0.234. The fourth-order valence-corrected chi connectivity index (χ4v) is 3.22. The van der Waals surface area contributed by atoms with Crippen LogP contribution in [0.25, 0.3) is 0 Å². The van der Waals surface area contributed by atoms with Gasteiger partial charge in [0.1, 0.15) is 0 Å². The SMILES string of the molecule is Cc1ccc(S(=O)(=O)NCCNC(=O)c2cccc(N(C)C)c2)cc1. The monoisotopic (exact) mass is 361 g/mol. The minimum atomic E-state index is -3.57. The topological polar surface area (TPSA) is 78.5 Å². The number of hydrogen-bond donors (Lipinski definition) is 2. The average molecular weight is 361 g/mol. The van der Waals surface area contributed by atoms with E-state index in [1.54, 1.807) is 36.4 Å². The van der Waals surface area contributed by atoms with Crippen molar-refractivity contribution in [1.82, 2.24) is 10.0 Å². The Morgan fingerprint density at radius 2 is 1.72 bits per heavy atom. The van der Waals surface area contributed by atoms with Gasteiger partial charge in [-0.2, -0.15) is 0 Å². The molecule has 2 N–H and O–H groups in total. The molecule has 0 saturated carbocycles. The Morgan fingerprint density at radius 3 is 2.36 bits per heavy atom. The molecule has 0 radical (unpaired) electrons. The summed E-state index contributed by atoms with van der Waals surface area (Å²) in [5, 5.41) is 2.71. The van der Waals surface area contributed by atoms with E-state index in [1.165, 1.54) is 0 Å². The number of rotatable bonds is 7. The molecule has 0 unspecified atom stereocenters. The van der Waals surface area contributed by atoms with Crippen molar-refractivity contribution in [3.8, 4) is 0 Å². The number of carbonyl (C=O) groups excluding carboxylic acids is 1. The lowest BCUT2D eigenvalue weighted by Crippen LogP contribution is -2.34. The molecule has 0 saturated heterocycles. The first kappa shape index (κ1) is 19.0. The summed E-state index contributed by atoms with van der Waals surface area (Å²) in [6.07, 6.45) is 0. The number of amides is 1. The molecule has 0 bridgehead atoms. The highest BCUT2D eigenvalue weighted by Crippen LogP contribution is 2.13. The molecule has 0 fully saturated rings. The molecule has 1 amide bonds. The smallest absolute Gasteiger partial charge is 0.251 e. The molecule has 7 heteroatoms. The van der Waals surface area contributed by atoms with Crippen molar-refractivity contribution in [3.63, 3.8) is 0 Å². The van der Waals surface area contributed by atoms with Crippen LogP contribution < -0.4 is 14.9 Å². The van der Waals surface area contributed by atoms with Crippen LogP contribution >= 0.6 is 0 Å². The van der Waals surface area contributed by atoms with Crippen LogP contribution in [0.5, 0.6) is 0 Å². The van der Waals surface area contributed by atoms with Crippen molar-refractivity contribution >= 4 is 21.6 Å². The van der Waals surface area contributed by atoms with Crippen molar-refractivity contribution in [3.05, 3.63) is 59.7 Å². The van der Waals surface area contributed by atoms with Crippen LogP contribution in [0, 0.1) is 6.92 Å². The third kappa shape index (κ3) is 5.30. The van der Waals surface area contributed by atoms with Gasteiger partial charge in [0.2, 0.25) is 10.0 Å². The number of hydrogen-bond acceptors (Lipinski definition) is 4. The maximum Gasteiger partial charge on any atom is 0.251 e. The summed E-state index contributed by atoms with van der Waals surface area (Å²) in [4.78, 5) is 14.3. The first-order valence-corrected chi connectivity index (χ1v) is 9.40. The number of nitrogens with one attached hydrogen (secondary N) is 2. The van der Waals surface area contributed by atoms with E-state index in [1.807, 2.05) is 38.1 Å². The van der Waals surface area contributed by atoms with Gasteiger partial charge in [0.15, 0.2) is 0 Å². The third-order valence-corrected chi connectivity index (χ3v) is 5.14. The van der Waals surface area contributed by atoms with Crippen molar-refractivity contribution in [2.75, 3.05) is 32.1 Å². The molecule has 6 nitrogen and oxygen atoms in total. The first-order valence-electron chi connectivity index (χ1n) is 7.91. The largest absolute Gasteiger partial charge is 0.378 e. The fraction of sp³-hybridized carbons (Fsp3) is 0.278. The average Bonchev–Trinajstić information content (AvgIpc) is 2.59. The van der Waals surface area contributed by atoms with E-state index in [2.05, 4.69) is 10.0 Å². The van der Waals surface area contributed by atoms with Gasteiger partial charge in [-0.05, 0) is 37.3 Å². The highest BCUT2D eigenvalue weighted by atomic mass is 32.2. The summed E-state index contributed by atoms with van der Waals surface area (Å²) < 4.78 is 26.8. The quantitative estimate of drug-likeness (QED) is 0.737. The number of carbonyl (C=O) groups is 1. The lowest BCUT2D eigenvalue weighted by Gasteiger charge is -2.13. The van der Waals surface area contributed by atoms with Gasteiger partial charge in [-0.15, -0.1) is 0 Å². The minimum absolute atomic E-state index is 0.120. The van der Waals surface area contributed by atoms with E-state index in [-0.39, 0.29) is 23.9 Å². The van der Waals surface area contributed by atoms with Gasteiger partial charge in [0.25, 0.3) is 5.91 Å². The number of sulfonamides is 1. The number of aryl methyl sites for hydroxylation is 1. The first-order chi connectivity index (χ1) is 11.8. The predicted octanol–water partition coefficient (Wildman–Crippen LogP) is 1.77. The molecule has 0 atom stereocenters. The van der Waals surface area contributed by atoms with Crippen LogP contribution in [0.4, 0.5) is 5.69 Å². The second kappa shape index (κ2) is 8.13. The van der Waals surface area contributed by atoms with E-state index in [0.717, 1.165) is 11.3 Å². The molecule has 0 aromatic heterocycles. The maximum atomic E-state index is 12.1.